The van der Waals surface area contributed by atoms with E-state index in [-0.39, 0.29) is 29.0 Å². The second kappa shape index (κ2) is 10.7. The molecule has 0 bridgehead atoms. The molecule has 1 heterocycles. The summed E-state index contributed by atoms with van der Waals surface area (Å²) in [5, 5.41) is 10.7. The van der Waals surface area contributed by atoms with Crippen LogP contribution in [0.1, 0.15) is 41.2 Å². The van der Waals surface area contributed by atoms with Crippen LogP contribution in [0, 0.1) is 6.92 Å². The molecule has 3 aromatic rings. The molecule has 10 nitrogen and oxygen atoms in total. The van der Waals surface area contributed by atoms with Gasteiger partial charge in [-0.3, -0.25) is 4.79 Å². The molecular formula is C23H29N5O5S. The fraction of sp³-hybridized carbons (Fsp3) is 0.348. The fourth-order valence-corrected chi connectivity index (χ4v) is 4.54. The number of benzene rings is 2. The van der Waals surface area contributed by atoms with Gasteiger partial charge in [-0.1, -0.05) is 22.4 Å². The van der Waals surface area contributed by atoms with E-state index in [0.717, 1.165) is 11.3 Å². The standard InChI is InChI=1S/C23H29N5O5S/c1-15(2)27-34(30,31)21-11-18(23(29)28(4)14-22-16(3)25-33-26-22)10-19(12-21)24-13-17-6-8-20(32-5)9-7-17/h6-12,15,24,27H,13-14H2,1-5H3. The first-order chi connectivity index (χ1) is 16.1. The van der Waals surface area contributed by atoms with Crippen LogP contribution in [0.2, 0.25) is 0 Å². The third-order valence-electron chi connectivity index (χ3n) is 4.99. The van der Waals surface area contributed by atoms with Crippen molar-refractivity contribution < 1.29 is 22.6 Å². The van der Waals surface area contributed by atoms with Gasteiger partial charge in [-0.15, -0.1) is 0 Å². The molecule has 0 unspecified atom stereocenters. The molecule has 2 aromatic carbocycles. The van der Waals surface area contributed by atoms with Crippen molar-refractivity contribution >= 4 is 21.6 Å². The first-order valence-electron chi connectivity index (χ1n) is 10.7. The highest BCUT2D eigenvalue weighted by atomic mass is 32.2. The average molecular weight is 488 g/mol. The maximum atomic E-state index is 13.2. The molecule has 0 fully saturated rings. The zero-order valence-electron chi connectivity index (χ0n) is 19.8. The van der Waals surface area contributed by atoms with Gasteiger partial charge in [0.2, 0.25) is 10.0 Å². The maximum Gasteiger partial charge on any atom is 0.254 e. The highest BCUT2D eigenvalue weighted by molar-refractivity contribution is 7.89. The zero-order chi connectivity index (χ0) is 24.9. The number of methoxy groups -OCH3 is 1. The minimum atomic E-state index is -3.83. The highest BCUT2D eigenvalue weighted by Gasteiger charge is 2.22. The molecule has 0 atom stereocenters. The molecule has 2 N–H and O–H groups in total. The van der Waals surface area contributed by atoms with E-state index in [1.807, 2.05) is 24.3 Å². The maximum absolute atomic E-state index is 13.2. The number of anilines is 1. The number of amides is 1. The summed E-state index contributed by atoms with van der Waals surface area (Å²) in [5.41, 5.74) is 2.80. The van der Waals surface area contributed by atoms with Gasteiger partial charge in [-0.2, -0.15) is 0 Å². The van der Waals surface area contributed by atoms with Crippen molar-refractivity contribution in [3.8, 4) is 5.75 Å². The topological polar surface area (TPSA) is 127 Å². The minimum absolute atomic E-state index is 0.00281. The Morgan fingerprint density at radius 3 is 2.44 bits per heavy atom. The summed E-state index contributed by atoms with van der Waals surface area (Å²) in [4.78, 5) is 14.6. The zero-order valence-corrected chi connectivity index (χ0v) is 20.6. The molecule has 11 heteroatoms. The largest absolute Gasteiger partial charge is 0.497 e. The summed E-state index contributed by atoms with van der Waals surface area (Å²) in [6.07, 6.45) is 0. The number of hydrogen-bond donors (Lipinski definition) is 2. The first kappa shape index (κ1) is 25.2. The second-order valence-corrected chi connectivity index (χ2v) is 9.90. The number of ether oxygens (including phenoxy) is 1. The molecule has 1 aromatic heterocycles. The number of sulfonamides is 1. The van der Waals surface area contributed by atoms with E-state index in [1.54, 1.807) is 41.0 Å². The quantitative estimate of drug-likeness (QED) is 0.447. The lowest BCUT2D eigenvalue weighted by Crippen LogP contribution is -2.31. The van der Waals surface area contributed by atoms with Crippen LogP contribution in [0.4, 0.5) is 5.69 Å². The van der Waals surface area contributed by atoms with Crippen molar-refractivity contribution in [1.82, 2.24) is 19.9 Å². The van der Waals surface area contributed by atoms with Gasteiger partial charge < -0.3 is 15.0 Å². The van der Waals surface area contributed by atoms with Crippen LogP contribution in [-0.2, 0) is 23.1 Å². The van der Waals surface area contributed by atoms with E-state index in [0.29, 0.717) is 23.6 Å². The molecule has 34 heavy (non-hydrogen) atoms. The van der Waals surface area contributed by atoms with E-state index in [9.17, 15) is 13.2 Å². The van der Waals surface area contributed by atoms with E-state index in [1.165, 1.54) is 17.0 Å². The Balaban J connectivity index is 1.89. The number of carbonyl (C=O) groups excluding carboxylic acids is 1. The molecule has 0 aliphatic carbocycles. The molecule has 1 amide bonds. The van der Waals surface area contributed by atoms with Crippen LogP contribution in [0.15, 0.2) is 52.0 Å². The van der Waals surface area contributed by atoms with Gasteiger partial charge in [-0.05, 0) is 56.7 Å². The third kappa shape index (κ3) is 6.33. The summed E-state index contributed by atoms with van der Waals surface area (Å²) < 4.78 is 38.2. The van der Waals surface area contributed by atoms with Crippen molar-refractivity contribution in [3.05, 3.63) is 65.0 Å². The van der Waals surface area contributed by atoms with E-state index >= 15 is 0 Å². The van der Waals surface area contributed by atoms with Crippen LogP contribution in [0.3, 0.4) is 0 Å². The van der Waals surface area contributed by atoms with Crippen LogP contribution in [0.25, 0.3) is 0 Å². The minimum Gasteiger partial charge on any atom is -0.497 e. The van der Waals surface area contributed by atoms with Gasteiger partial charge in [0.25, 0.3) is 5.91 Å². The normalized spacial score (nSPS) is 11.5. The molecular weight excluding hydrogens is 458 g/mol. The number of carbonyl (C=O) groups is 1. The van der Waals surface area contributed by atoms with Crippen molar-refractivity contribution in [3.63, 3.8) is 0 Å². The lowest BCUT2D eigenvalue weighted by molar-refractivity contribution is 0.0781. The summed E-state index contributed by atoms with van der Waals surface area (Å²) in [6.45, 7) is 5.80. The molecule has 0 aliphatic rings. The Morgan fingerprint density at radius 1 is 1.15 bits per heavy atom. The summed E-state index contributed by atoms with van der Waals surface area (Å²) in [7, 11) is -0.624. The van der Waals surface area contributed by atoms with E-state index < -0.39 is 10.0 Å². The van der Waals surface area contributed by atoms with Gasteiger partial charge in [-0.25, -0.2) is 17.8 Å². The van der Waals surface area contributed by atoms with Crippen LogP contribution in [0.5, 0.6) is 5.75 Å². The predicted octanol–water partition coefficient (Wildman–Crippen LogP) is 2.96. The highest BCUT2D eigenvalue weighted by Crippen LogP contribution is 2.22. The Labute approximate surface area is 199 Å². The molecule has 182 valence electrons. The Hall–Kier alpha value is -3.44. The lowest BCUT2D eigenvalue weighted by atomic mass is 10.1. The molecule has 3 rings (SSSR count). The van der Waals surface area contributed by atoms with Crippen molar-refractivity contribution in [1.29, 1.82) is 0 Å². The number of hydrogen-bond acceptors (Lipinski definition) is 8. The molecule has 0 saturated carbocycles. The number of aryl methyl sites for hydroxylation is 1. The Kier molecular flexibility index (Phi) is 7.90. The molecule has 0 spiro atoms. The van der Waals surface area contributed by atoms with Crippen LogP contribution < -0.4 is 14.8 Å². The van der Waals surface area contributed by atoms with Crippen LogP contribution >= 0.6 is 0 Å². The third-order valence-corrected chi connectivity index (χ3v) is 6.63. The van der Waals surface area contributed by atoms with Gasteiger partial charge in [0.15, 0.2) is 0 Å². The monoisotopic (exact) mass is 487 g/mol. The van der Waals surface area contributed by atoms with Crippen molar-refractivity contribution in [2.45, 2.75) is 44.8 Å². The van der Waals surface area contributed by atoms with Gasteiger partial charge in [0, 0.05) is 30.9 Å². The Bertz CT molecular complexity index is 1240. The van der Waals surface area contributed by atoms with Crippen molar-refractivity contribution in [2.24, 2.45) is 0 Å². The van der Waals surface area contributed by atoms with Gasteiger partial charge in [0.1, 0.15) is 17.1 Å². The smallest absolute Gasteiger partial charge is 0.254 e. The number of aromatic nitrogens is 2. The summed E-state index contributed by atoms with van der Waals surface area (Å²) in [5.74, 6) is 0.376. The van der Waals surface area contributed by atoms with Crippen molar-refractivity contribution in [2.75, 3.05) is 19.5 Å². The second-order valence-electron chi connectivity index (χ2n) is 8.18. The molecule has 0 aliphatic heterocycles. The fourth-order valence-electron chi connectivity index (χ4n) is 3.22. The molecule has 0 radical (unpaired) electrons. The predicted molar refractivity (Wildman–Crippen MR) is 127 cm³/mol. The Morgan fingerprint density at radius 2 is 1.85 bits per heavy atom. The van der Waals surface area contributed by atoms with Gasteiger partial charge >= 0.3 is 0 Å². The number of rotatable bonds is 10. The average Bonchev–Trinajstić information content (AvgIpc) is 3.20. The van der Waals surface area contributed by atoms with Gasteiger partial charge in [0.05, 0.1) is 18.6 Å². The van der Waals surface area contributed by atoms with E-state index in [2.05, 4.69) is 20.4 Å². The lowest BCUT2D eigenvalue weighted by Gasteiger charge is -2.18. The number of nitrogens with one attached hydrogen (secondary N) is 2. The summed E-state index contributed by atoms with van der Waals surface area (Å²) in [6, 6.07) is 11.7. The molecule has 0 saturated heterocycles. The SMILES string of the molecule is COc1ccc(CNc2cc(C(=O)N(C)Cc3nonc3C)cc(S(=O)(=O)NC(C)C)c2)cc1. The number of nitrogens with zero attached hydrogens (tertiary/aromatic N) is 3. The van der Waals surface area contributed by atoms with E-state index in [4.69, 9.17) is 9.37 Å². The van der Waals surface area contributed by atoms with Crippen LogP contribution in [-0.4, -0.2) is 49.7 Å². The first-order valence-corrected chi connectivity index (χ1v) is 12.1. The summed E-state index contributed by atoms with van der Waals surface area (Å²) >= 11 is 0.